The van der Waals surface area contributed by atoms with E-state index in [0.29, 0.717) is 24.6 Å². The predicted octanol–water partition coefficient (Wildman–Crippen LogP) is 1.47. The Morgan fingerprint density at radius 3 is 2.48 bits per heavy atom. The lowest BCUT2D eigenvalue weighted by molar-refractivity contribution is -0.123. The Labute approximate surface area is 137 Å². The first-order chi connectivity index (χ1) is 10.6. The molecule has 128 valence electrons. The average Bonchev–Trinajstić information content (AvgIpc) is 2.80. The van der Waals surface area contributed by atoms with Crippen molar-refractivity contribution in [3.8, 4) is 0 Å². The van der Waals surface area contributed by atoms with Gasteiger partial charge < -0.3 is 10.2 Å². The van der Waals surface area contributed by atoms with Gasteiger partial charge in [-0.15, -0.1) is 10.2 Å². The SMILES string of the molecule is CCN(c1ccc(NC(=O)C(C)(C)C)nn1)C1CCS(=O)(=O)C1. The van der Waals surface area contributed by atoms with Crippen LogP contribution in [-0.4, -0.2) is 48.6 Å². The molecule has 1 amide bonds. The van der Waals surface area contributed by atoms with Crippen LogP contribution in [0.1, 0.15) is 34.1 Å². The molecule has 1 aromatic heterocycles. The highest BCUT2D eigenvalue weighted by molar-refractivity contribution is 7.91. The predicted molar refractivity (Wildman–Crippen MR) is 90.2 cm³/mol. The van der Waals surface area contributed by atoms with E-state index < -0.39 is 15.3 Å². The van der Waals surface area contributed by atoms with Crippen molar-refractivity contribution in [3.05, 3.63) is 12.1 Å². The van der Waals surface area contributed by atoms with Crippen LogP contribution < -0.4 is 10.2 Å². The number of nitrogens with zero attached hydrogens (tertiary/aromatic N) is 3. The molecule has 0 aliphatic carbocycles. The zero-order valence-electron chi connectivity index (χ0n) is 14.0. The molecule has 1 unspecified atom stereocenters. The molecule has 0 saturated carbocycles. The fourth-order valence-corrected chi connectivity index (χ4v) is 4.21. The normalized spacial score (nSPS) is 20.3. The fourth-order valence-electron chi connectivity index (χ4n) is 2.48. The standard InChI is InChI=1S/C15H24N4O3S/c1-5-19(11-8-9-23(21,22)10-11)13-7-6-12(17-18-13)16-14(20)15(2,3)4/h6-7,11H,5,8-10H2,1-4H3,(H,16,17,20). The van der Waals surface area contributed by atoms with E-state index in [1.54, 1.807) is 12.1 Å². The Hall–Kier alpha value is -1.70. The van der Waals surface area contributed by atoms with Crippen molar-refractivity contribution in [2.45, 2.75) is 40.2 Å². The molecular weight excluding hydrogens is 316 g/mol. The molecule has 1 atom stereocenters. The highest BCUT2D eigenvalue weighted by Crippen LogP contribution is 2.23. The third-order valence-corrected chi connectivity index (χ3v) is 5.61. The van der Waals surface area contributed by atoms with E-state index >= 15 is 0 Å². The van der Waals surface area contributed by atoms with Crippen molar-refractivity contribution in [3.63, 3.8) is 0 Å². The van der Waals surface area contributed by atoms with Gasteiger partial charge in [0.25, 0.3) is 0 Å². The molecule has 23 heavy (non-hydrogen) atoms. The third-order valence-electron chi connectivity index (χ3n) is 3.86. The molecule has 8 heteroatoms. The van der Waals surface area contributed by atoms with E-state index in [0.717, 1.165) is 0 Å². The molecule has 1 aliphatic heterocycles. The maximum absolute atomic E-state index is 11.9. The number of amides is 1. The van der Waals surface area contributed by atoms with E-state index in [1.807, 2.05) is 32.6 Å². The second-order valence-corrected chi connectivity index (χ2v) is 9.05. The third kappa shape index (κ3) is 4.40. The van der Waals surface area contributed by atoms with E-state index in [1.165, 1.54) is 0 Å². The minimum atomic E-state index is -2.95. The molecule has 2 rings (SSSR count). The van der Waals surface area contributed by atoms with Crippen molar-refractivity contribution in [2.24, 2.45) is 5.41 Å². The monoisotopic (exact) mass is 340 g/mol. The molecule has 7 nitrogen and oxygen atoms in total. The van der Waals surface area contributed by atoms with Gasteiger partial charge in [0, 0.05) is 18.0 Å². The van der Waals surface area contributed by atoms with Crippen LogP contribution in [0.25, 0.3) is 0 Å². The Morgan fingerprint density at radius 2 is 2.04 bits per heavy atom. The number of carbonyl (C=O) groups excluding carboxylic acids is 1. The van der Waals surface area contributed by atoms with Crippen LogP contribution in [0, 0.1) is 5.41 Å². The number of hydrogen-bond donors (Lipinski definition) is 1. The molecule has 2 heterocycles. The average molecular weight is 340 g/mol. The van der Waals surface area contributed by atoms with Crippen LogP contribution >= 0.6 is 0 Å². The summed E-state index contributed by atoms with van der Waals surface area (Å²) < 4.78 is 23.3. The molecule has 1 fully saturated rings. The first-order valence-electron chi connectivity index (χ1n) is 7.74. The molecule has 0 bridgehead atoms. The van der Waals surface area contributed by atoms with Crippen LogP contribution in [0.4, 0.5) is 11.6 Å². The van der Waals surface area contributed by atoms with Gasteiger partial charge in [-0.3, -0.25) is 4.79 Å². The highest BCUT2D eigenvalue weighted by Gasteiger charge is 2.32. The van der Waals surface area contributed by atoms with Gasteiger partial charge in [-0.25, -0.2) is 8.42 Å². The summed E-state index contributed by atoms with van der Waals surface area (Å²) >= 11 is 0. The van der Waals surface area contributed by atoms with Crippen molar-refractivity contribution < 1.29 is 13.2 Å². The summed E-state index contributed by atoms with van der Waals surface area (Å²) in [5.74, 6) is 1.27. The highest BCUT2D eigenvalue weighted by atomic mass is 32.2. The number of sulfone groups is 1. The van der Waals surface area contributed by atoms with Crippen LogP contribution in [-0.2, 0) is 14.6 Å². The molecule has 0 spiro atoms. The summed E-state index contributed by atoms with van der Waals surface area (Å²) in [5.41, 5.74) is -0.506. The second-order valence-electron chi connectivity index (χ2n) is 6.82. The van der Waals surface area contributed by atoms with Gasteiger partial charge >= 0.3 is 0 Å². The summed E-state index contributed by atoms with van der Waals surface area (Å²) in [6.07, 6.45) is 0.611. The van der Waals surface area contributed by atoms with E-state index in [-0.39, 0.29) is 23.5 Å². The Morgan fingerprint density at radius 1 is 1.35 bits per heavy atom. The summed E-state index contributed by atoms with van der Waals surface area (Å²) in [7, 11) is -2.95. The summed E-state index contributed by atoms with van der Waals surface area (Å²) in [5, 5.41) is 10.9. The second kappa shape index (κ2) is 6.43. The smallest absolute Gasteiger partial charge is 0.230 e. The Bertz CT molecular complexity index is 665. The van der Waals surface area contributed by atoms with Gasteiger partial charge in [-0.05, 0) is 25.5 Å². The Kier molecular flexibility index (Phi) is 4.93. The van der Waals surface area contributed by atoms with Gasteiger partial charge in [0.2, 0.25) is 5.91 Å². The number of carbonyl (C=O) groups is 1. The van der Waals surface area contributed by atoms with Crippen molar-refractivity contribution >= 4 is 27.4 Å². The zero-order chi connectivity index (χ0) is 17.3. The van der Waals surface area contributed by atoms with E-state index in [2.05, 4.69) is 15.5 Å². The molecule has 1 aliphatic rings. The van der Waals surface area contributed by atoms with E-state index in [9.17, 15) is 13.2 Å². The van der Waals surface area contributed by atoms with Gasteiger partial charge in [0.15, 0.2) is 21.5 Å². The lowest BCUT2D eigenvalue weighted by Crippen LogP contribution is -2.37. The van der Waals surface area contributed by atoms with Gasteiger partial charge in [-0.2, -0.15) is 0 Å². The first-order valence-corrected chi connectivity index (χ1v) is 9.57. The summed E-state index contributed by atoms with van der Waals surface area (Å²) in [6, 6.07) is 3.40. The molecule has 0 radical (unpaired) electrons. The summed E-state index contributed by atoms with van der Waals surface area (Å²) in [6.45, 7) is 8.08. The number of aromatic nitrogens is 2. The lowest BCUT2D eigenvalue weighted by Gasteiger charge is -2.27. The minimum absolute atomic E-state index is 0.0608. The van der Waals surface area contributed by atoms with Crippen molar-refractivity contribution in [1.29, 1.82) is 0 Å². The van der Waals surface area contributed by atoms with Gasteiger partial charge in [-0.1, -0.05) is 20.8 Å². The zero-order valence-corrected chi connectivity index (χ0v) is 14.9. The topological polar surface area (TPSA) is 92.3 Å². The van der Waals surface area contributed by atoms with Crippen molar-refractivity contribution in [2.75, 3.05) is 28.3 Å². The van der Waals surface area contributed by atoms with Gasteiger partial charge in [0.1, 0.15) is 0 Å². The van der Waals surface area contributed by atoms with E-state index in [4.69, 9.17) is 0 Å². The van der Waals surface area contributed by atoms with Crippen LogP contribution in [0.2, 0.25) is 0 Å². The minimum Gasteiger partial charge on any atom is -0.351 e. The summed E-state index contributed by atoms with van der Waals surface area (Å²) in [4.78, 5) is 13.9. The lowest BCUT2D eigenvalue weighted by atomic mass is 9.96. The molecular formula is C15H24N4O3S. The van der Waals surface area contributed by atoms with Crippen molar-refractivity contribution in [1.82, 2.24) is 10.2 Å². The van der Waals surface area contributed by atoms with Crippen LogP contribution in [0.15, 0.2) is 12.1 Å². The fraction of sp³-hybridized carbons (Fsp3) is 0.667. The largest absolute Gasteiger partial charge is 0.351 e. The molecule has 1 N–H and O–H groups in total. The Balaban J connectivity index is 2.10. The first kappa shape index (κ1) is 17.7. The van der Waals surface area contributed by atoms with Crippen LogP contribution in [0.3, 0.4) is 0 Å². The number of nitrogens with one attached hydrogen (secondary N) is 1. The van der Waals surface area contributed by atoms with Crippen LogP contribution in [0.5, 0.6) is 0 Å². The number of anilines is 2. The maximum atomic E-state index is 11.9. The number of hydrogen-bond acceptors (Lipinski definition) is 6. The van der Waals surface area contributed by atoms with Gasteiger partial charge in [0.05, 0.1) is 11.5 Å². The molecule has 0 aromatic carbocycles. The maximum Gasteiger partial charge on any atom is 0.230 e. The number of rotatable bonds is 4. The molecule has 1 saturated heterocycles. The quantitative estimate of drug-likeness (QED) is 0.892. The molecule has 1 aromatic rings.